The molecule has 0 fully saturated rings. The first-order valence-electron chi connectivity index (χ1n) is 5.38. The molecule has 0 spiro atoms. The van der Waals surface area contributed by atoms with Crippen molar-refractivity contribution in [1.29, 1.82) is 0 Å². The van der Waals surface area contributed by atoms with E-state index in [4.69, 9.17) is 10.8 Å². The number of hydrogen-bond donors (Lipinski definition) is 3. The fourth-order valence-corrected chi connectivity index (χ4v) is 1.63. The van der Waals surface area contributed by atoms with E-state index in [2.05, 4.69) is 10.3 Å². The van der Waals surface area contributed by atoms with Crippen LogP contribution >= 0.6 is 0 Å². The summed E-state index contributed by atoms with van der Waals surface area (Å²) >= 11 is 0. The molecule has 2 rings (SSSR count). The van der Waals surface area contributed by atoms with E-state index in [0.29, 0.717) is 11.4 Å². The summed E-state index contributed by atoms with van der Waals surface area (Å²) in [4.78, 5) is 15.1. The molecule has 0 aliphatic carbocycles. The van der Waals surface area contributed by atoms with Crippen molar-refractivity contribution in [2.45, 2.75) is 6.92 Å². The van der Waals surface area contributed by atoms with E-state index < -0.39 is 5.97 Å². The molecule has 1 aromatic carbocycles. The highest BCUT2D eigenvalue weighted by Gasteiger charge is 2.10. The number of aryl methyl sites for hydroxylation is 1. The van der Waals surface area contributed by atoms with Crippen LogP contribution in [0.5, 0.6) is 0 Å². The summed E-state index contributed by atoms with van der Waals surface area (Å²) in [6, 6.07) is 6.50. The molecule has 4 N–H and O–H groups in total. The summed E-state index contributed by atoms with van der Waals surface area (Å²) in [7, 11) is 0. The number of nitrogens with two attached hydrogens (primary N) is 1. The minimum Gasteiger partial charge on any atom is -0.478 e. The van der Waals surface area contributed by atoms with Gasteiger partial charge in [-0.05, 0) is 36.8 Å². The lowest BCUT2D eigenvalue weighted by atomic mass is 10.1. The number of nitrogens with zero attached hydrogens (tertiary/aromatic N) is 1. The second kappa shape index (κ2) is 4.75. The Balaban J connectivity index is 2.39. The number of pyridine rings is 1. The molecule has 0 unspecified atom stereocenters. The lowest BCUT2D eigenvalue weighted by Gasteiger charge is -2.10. The van der Waals surface area contributed by atoms with Gasteiger partial charge in [0, 0.05) is 11.9 Å². The van der Waals surface area contributed by atoms with Crippen LogP contribution in [-0.4, -0.2) is 16.1 Å². The SMILES string of the molecule is Cc1cncc(Nc2cc(N)ccc2C(=O)O)c1. The number of hydrogen-bond acceptors (Lipinski definition) is 4. The number of nitrogens with one attached hydrogen (secondary N) is 1. The third kappa shape index (κ3) is 2.57. The molecule has 1 aromatic heterocycles. The average Bonchev–Trinajstić information content (AvgIpc) is 2.28. The molecule has 0 aliphatic rings. The van der Waals surface area contributed by atoms with Gasteiger partial charge in [0.15, 0.2) is 0 Å². The second-order valence-corrected chi connectivity index (χ2v) is 3.99. The first-order chi connectivity index (χ1) is 8.56. The Morgan fingerprint density at radius 1 is 1.33 bits per heavy atom. The molecular weight excluding hydrogens is 230 g/mol. The van der Waals surface area contributed by atoms with E-state index in [1.807, 2.05) is 13.0 Å². The quantitative estimate of drug-likeness (QED) is 0.720. The number of anilines is 3. The summed E-state index contributed by atoms with van der Waals surface area (Å²) in [6.45, 7) is 1.91. The number of carboxylic acid groups (broad SMARTS) is 1. The summed E-state index contributed by atoms with van der Waals surface area (Å²) in [6.07, 6.45) is 3.35. The van der Waals surface area contributed by atoms with Crippen molar-refractivity contribution >= 4 is 23.0 Å². The number of rotatable bonds is 3. The van der Waals surface area contributed by atoms with Gasteiger partial charge in [0.25, 0.3) is 0 Å². The Hall–Kier alpha value is -2.56. The largest absolute Gasteiger partial charge is 0.478 e. The number of aromatic nitrogens is 1. The van der Waals surface area contributed by atoms with Crippen molar-refractivity contribution < 1.29 is 9.90 Å². The molecule has 0 amide bonds. The van der Waals surface area contributed by atoms with Gasteiger partial charge in [0.1, 0.15) is 0 Å². The Morgan fingerprint density at radius 3 is 2.78 bits per heavy atom. The molecule has 18 heavy (non-hydrogen) atoms. The second-order valence-electron chi connectivity index (χ2n) is 3.99. The maximum absolute atomic E-state index is 11.1. The van der Waals surface area contributed by atoms with E-state index >= 15 is 0 Å². The van der Waals surface area contributed by atoms with Gasteiger partial charge < -0.3 is 16.2 Å². The maximum atomic E-state index is 11.1. The van der Waals surface area contributed by atoms with Gasteiger partial charge in [-0.3, -0.25) is 4.98 Å². The van der Waals surface area contributed by atoms with Crippen molar-refractivity contribution in [2.24, 2.45) is 0 Å². The van der Waals surface area contributed by atoms with Crippen molar-refractivity contribution in [1.82, 2.24) is 4.98 Å². The lowest BCUT2D eigenvalue weighted by Crippen LogP contribution is -2.04. The molecule has 0 saturated carbocycles. The zero-order valence-corrected chi connectivity index (χ0v) is 9.84. The Bertz CT molecular complexity index is 597. The lowest BCUT2D eigenvalue weighted by molar-refractivity contribution is 0.0698. The van der Waals surface area contributed by atoms with Gasteiger partial charge in [-0.2, -0.15) is 0 Å². The van der Waals surface area contributed by atoms with E-state index in [9.17, 15) is 4.79 Å². The highest BCUT2D eigenvalue weighted by Crippen LogP contribution is 2.23. The molecule has 92 valence electrons. The van der Waals surface area contributed by atoms with Crippen LogP contribution in [0.3, 0.4) is 0 Å². The molecule has 0 radical (unpaired) electrons. The molecule has 5 nitrogen and oxygen atoms in total. The highest BCUT2D eigenvalue weighted by molar-refractivity contribution is 5.96. The van der Waals surface area contributed by atoms with Gasteiger partial charge in [0.2, 0.25) is 0 Å². The Labute approximate surface area is 104 Å². The van der Waals surface area contributed by atoms with Crippen molar-refractivity contribution in [3.63, 3.8) is 0 Å². The molecule has 0 aliphatic heterocycles. The van der Waals surface area contributed by atoms with Gasteiger partial charge in [-0.1, -0.05) is 0 Å². The normalized spacial score (nSPS) is 10.1. The van der Waals surface area contributed by atoms with E-state index in [1.165, 1.54) is 6.07 Å². The molecular formula is C13H13N3O2. The molecule has 1 heterocycles. The Morgan fingerprint density at radius 2 is 2.11 bits per heavy atom. The van der Waals surface area contributed by atoms with Crippen LogP contribution in [0.25, 0.3) is 0 Å². The van der Waals surface area contributed by atoms with Crippen LogP contribution < -0.4 is 11.1 Å². The van der Waals surface area contributed by atoms with E-state index in [0.717, 1.165) is 11.3 Å². The predicted molar refractivity (Wildman–Crippen MR) is 70.1 cm³/mol. The van der Waals surface area contributed by atoms with Crippen LogP contribution in [0.1, 0.15) is 15.9 Å². The molecule has 0 saturated heterocycles. The smallest absolute Gasteiger partial charge is 0.337 e. The van der Waals surface area contributed by atoms with E-state index in [-0.39, 0.29) is 5.56 Å². The van der Waals surface area contributed by atoms with Crippen LogP contribution in [-0.2, 0) is 0 Å². The molecule has 0 atom stereocenters. The third-order valence-electron chi connectivity index (χ3n) is 2.43. The van der Waals surface area contributed by atoms with Gasteiger partial charge in [-0.15, -0.1) is 0 Å². The van der Waals surface area contributed by atoms with Crippen molar-refractivity contribution in [3.05, 3.63) is 47.8 Å². The van der Waals surface area contributed by atoms with Gasteiger partial charge in [-0.25, -0.2) is 4.79 Å². The topological polar surface area (TPSA) is 88.2 Å². The summed E-state index contributed by atoms with van der Waals surface area (Å²) in [5.41, 5.74) is 8.50. The van der Waals surface area contributed by atoms with E-state index in [1.54, 1.807) is 24.5 Å². The average molecular weight is 243 g/mol. The minimum absolute atomic E-state index is 0.172. The maximum Gasteiger partial charge on any atom is 0.337 e. The summed E-state index contributed by atoms with van der Waals surface area (Å²) in [5.74, 6) is -1.00. The molecule has 2 aromatic rings. The zero-order valence-electron chi connectivity index (χ0n) is 9.84. The van der Waals surface area contributed by atoms with Crippen LogP contribution in [0.2, 0.25) is 0 Å². The third-order valence-corrected chi connectivity index (χ3v) is 2.43. The molecule has 0 bridgehead atoms. The predicted octanol–water partition coefficient (Wildman–Crippen LogP) is 2.41. The van der Waals surface area contributed by atoms with Crippen LogP contribution in [0.4, 0.5) is 17.1 Å². The highest BCUT2D eigenvalue weighted by atomic mass is 16.4. The first-order valence-corrected chi connectivity index (χ1v) is 5.38. The number of nitrogen functional groups attached to an aromatic ring is 1. The number of benzene rings is 1. The molecule has 5 heteroatoms. The zero-order chi connectivity index (χ0) is 13.1. The summed E-state index contributed by atoms with van der Waals surface area (Å²) in [5, 5.41) is 12.1. The first kappa shape index (κ1) is 11.9. The van der Waals surface area contributed by atoms with Gasteiger partial charge in [0.05, 0.1) is 23.1 Å². The number of carbonyl (C=O) groups is 1. The van der Waals surface area contributed by atoms with Crippen LogP contribution in [0, 0.1) is 6.92 Å². The van der Waals surface area contributed by atoms with Gasteiger partial charge >= 0.3 is 5.97 Å². The number of aromatic carboxylic acids is 1. The standard InChI is InChI=1S/C13H13N3O2/c1-8-4-10(7-15-6-8)16-12-5-9(14)2-3-11(12)13(17)18/h2-7,16H,14H2,1H3,(H,17,18). The monoisotopic (exact) mass is 243 g/mol. The van der Waals surface area contributed by atoms with Crippen LogP contribution in [0.15, 0.2) is 36.7 Å². The Kier molecular flexibility index (Phi) is 3.14. The summed E-state index contributed by atoms with van der Waals surface area (Å²) < 4.78 is 0. The number of carboxylic acids is 1. The fourth-order valence-electron chi connectivity index (χ4n) is 1.63. The minimum atomic E-state index is -1.00. The van der Waals surface area contributed by atoms with Crippen molar-refractivity contribution in [3.8, 4) is 0 Å². The van der Waals surface area contributed by atoms with Crippen molar-refractivity contribution in [2.75, 3.05) is 11.1 Å². The fraction of sp³-hybridized carbons (Fsp3) is 0.0769.